The number of likely N-dealkylation sites (tertiary alicyclic amines) is 1. The van der Waals surface area contributed by atoms with Gasteiger partial charge in [-0.15, -0.1) is 0 Å². The van der Waals surface area contributed by atoms with Crippen LogP contribution in [0.4, 0.5) is 0 Å². The molecule has 2 atom stereocenters. The number of hydrogen-bond acceptors (Lipinski definition) is 3. The molecule has 18 heavy (non-hydrogen) atoms. The Hall–Kier alpha value is -0.580. The van der Waals surface area contributed by atoms with E-state index in [1.54, 1.807) is 7.11 Å². The zero-order valence-corrected chi connectivity index (χ0v) is 12.6. The van der Waals surface area contributed by atoms with E-state index in [9.17, 15) is 0 Å². The van der Waals surface area contributed by atoms with Gasteiger partial charge in [-0.25, -0.2) is 0 Å². The molecule has 1 aromatic carbocycles. The molecule has 2 N–H and O–H groups in total. The summed E-state index contributed by atoms with van der Waals surface area (Å²) in [4.78, 5) is 2.49. The molecule has 0 aliphatic carbocycles. The van der Waals surface area contributed by atoms with E-state index < -0.39 is 0 Å². The van der Waals surface area contributed by atoms with Crippen molar-refractivity contribution < 1.29 is 4.74 Å². The fraction of sp³-hybridized carbons (Fsp3) is 0.571. The summed E-state index contributed by atoms with van der Waals surface area (Å²) in [6.45, 7) is 5.09. The zero-order valence-electron chi connectivity index (χ0n) is 11.0. The first-order valence-electron chi connectivity index (χ1n) is 6.40. The normalized spacial score (nSPS) is 24.4. The maximum Gasteiger partial charge on any atom is 0.123 e. The van der Waals surface area contributed by atoms with E-state index in [0.29, 0.717) is 12.0 Å². The van der Waals surface area contributed by atoms with Gasteiger partial charge in [-0.1, -0.05) is 15.9 Å². The second kappa shape index (κ2) is 6.04. The highest BCUT2D eigenvalue weighted by atomic mass is 79.9. The van der Waals surface area contributed by atoms with Gasteiger partial charge in [0.05, 0.1) is 7.11 Å². The van der Waals surface area contributed by atoms with Gasteiger partial charge in [0.1, 0.15) is 5.75 Å². The number of rotatable bonds is 4. The summed E-state index contributed by atoms with van der Waals surface area (Å²) >= 11 is 3.52. The fourth-order valence-electron chi connectivity index (χ4n) is 2.70. The largest absolute Gasteiger partial charge is 0.496 e. The van der Waals surface area contributed by atoms with E-state index in [1.807, 2.05) is 12.1 Å². The molecule has 2 rings (SSSR count). The highest BCUT2D eigenvalue weighted by Gasteiger charge is 2.28. The van der Waals surface area contributed by atoms with Crippen LogP contribution >= 0.6 is 15.9 Å². The van der Waals surface area contributed by atoms with E-state index in [0.717, 1.165) is 29.9 Å². The lowest BCUT2D eigenvalue weighted by atomic mass is 10.1. The lowest BCUT2D eigenvalue weighted by molar-refractivity contribution is 0.251. The molecule has 0 aromatic heterocycles. The Kier molecular flexibility index (Phi) is 4.65. The Balaban J connectivity index is 2.11. The molecule has 1 saturated heterocycles. The first kappa shape index (κ1) is 13.8. The average molecular weight is 313 g/mol. The van der Waals surface area contributed by atoms with Crippen molar-refractivity contribution in [3.63, 3.8) is 0 Å². The Labute approximate surface area is 117 Å². The Bertz CT molecular complexity index is 411. The van der Waals surface area contributed by atoms with Crippen molar-refractivity contribution in [1.29, 1.82) is 0 Å². The molecular weight excluding hydrogens is 292 g/mol. The zero-order chi connectivity index (χ0) is 13.1. The minimum absolute atomic E-state index is 0.599. The lowest BCUT2D eigenvalue weighted by Gasteiger charge is -2.22. The molecule has 0 bridgehead atoms. The fourth-order valence-corrected chi connectivity index (χ4v) is 3.11. The topological polar surface area (TPSA) is 38.5 Å². The first-order valence-corrected chi connectivity index (χ1v) is 7.20. The van der Waals surface area contributed by atoms with E-state index in [1.165, 1.54) is 12.0 Å². The van der Waals surface area contributed by atoms with Crippen molar-refractivity contribution >= 4 is 15.9 Å². The number of benzene rings is 1. The number of nitrogens with zero attached hydrogens (tertiary/aromatic N) is 1. The summed E-state index contributed by atoms with van der Waals surface area (Å²) in [5.41, 5.74) is 7.01. The third-order valence-corrected chi connectivity index (χ3v) is 4.23. The standard InChI is InChI=1S/C14H21BrN2O/c1-10-5-11(7-16)8-17(10)9-12-6-13(15)3-4-14(12)18-2/h3-4,6,10-11H,5,7-9,16H2,1-2H3. The Morgan fingerprint density at radius 1 is 1.50 bits per heavy atom. The van der Waals surface area contributed by atoms with Crippen LogP contribution in [0.3, 0.4) is 0 Å². The molecule has 2 unspecified atom stereocenters. The Morgan fingerprint density at radius 2 is 2.28 bits per heavy atom. The summed E-state index contributed by atoms with van der Waals surface area (Å²) in [7, 11) is 1.73. The number of ether oxygens (including phenoxy) is 1. The predicted octanol–water partition coefficient (Wildman–Crippen LogP) is 2.63. The van der Waals surface area contributed by atoms with E-state index in [4.69, 9.17) is 10.5 Å². The number of nitrogens with two attached hydrogens (primary N) is 1. The van der Waals surface area contributed by atoms with Gasteiger partial charge in [0, 0.05) is 29.2 Å². The van der Waals surface area contributed by atoms with Gasteiger partial charge in [0.2, 0.25) is 0 Å². The van der Waals surface area contributed by atoms with Crippen molar-refractivity contribution in [1.82, 2.24) is 4.90 Å². The van der Waals surface area contributed by atoms with E-state index >= 15 is 0 Å². The molecule has 1 aliphatic rings. The quantitative estimate of drug-likeness (QED) is 0.929. The molecule has 1 heterocycles. The second-order valence-corrected chi connectivity index (χ2v) is 5.99. The molecule has 0 radical (unpaired) electrons. The van der Waals surface area contributed by atoms with Crippen LogP contribution in [0.15, 0.2) is 22.7 Å². The van der Waals surface area contributed by atoms with Crippen LogP contribution in [-0.2, 0) is 6.54 Å². The summed E-state index contributed by atoms with van der Waals surface area (Å²) in [5.74, 6) is 1.60. The van der Waals surface area contributed by atoms with Crippen LogP contribution in [0.25, 0.3) is 0 Å². The highest BCUT2D eigenvalue weighted by molar-refractivity contribution is 9.10. The summed E-state index contributed by atoms with van der Waals surface area (Å²) in [6.07, 6.45) is 1.20. The van der Waals surface area contributed by atoms with Gasteiger partial charge in [0.15, 0.2) is 0 Å². The average Bonchev–Trinajstić information content (AvgIpc) is 2.71. The lowest BCUT2D eigenvalue weighted by Crippen LogP contribution is -2.27. The van der Waals surface area contributed by atoms with Crippen LogP contribution < -0.4 is 10.5 Å². The van der Waals surface area contributed by atoms with Crippen LogP contribution in [0.5, 0.6) is 5.75 Å². The van der Waals surface area contributed by atoms with Gasteiger partial charge in [-0.05, 0) is 44.0 Å². The maximum absolute atomic E-state index is 5.77. The molecule has 100 valence electrons. The summed E-state index contributed by atoms with van der Waals surface area (Å²) in [6, 6.07) is 6.77. The maximum atomic E-state index is 5.77. The molecule has 0 amide bonds. The van der Waals surface area contributed by atoms with Crippen molar-refractivity contribution in [3.8, 4) is 5.75 Å². The first-order chi connectivity index (χ1) is 8.63. The monoisotopic (exact) mass is 312 g/mol. The van der Waals surface area contributed by atoms with E-state index in [-0.39, 0.29) is 0 Å². The molecule has 0 saturated carbocycles. The van der Waals surface area contributed by atoms with Gasteiger partial charge >= 0.3 is 0 Å². The van der Waals surface area contributed by atoms with Crippen molar-refractivity contribution in [2.24, 2.45) is 11.7 Å². The van der Waals surface area contributed by atoms with Crippen molar-refractivity contribution in [2.45, 2.75) is 25.9 Å². The second-order valence-electron chi connectivity index (χ2n) is 5.07. The van der Waals surface area contributed by atoms with Crippen LogP contribution in [0.1, 0.15) is 18.9 Å². The molecule has 1 fully saturated rings. The molecule has 3 nitrogen and oxygen atoms in total. The van der Waals surface area contributed by atoms with Crippen molar-refractivity contribution in [2.75, 3.05) is 20.2 Å². The number of methoxy groups -OCH3 is 1. The minimum atomic E-state index is 0.599. The molecule has 0 spiro atoms. The summed E-state index contributed by atoms with van der Waals surface area (Å²) in [5, 5.41) is 0. The SMILES string of the molecule is COc1ccc(Br)cc1CN1CC(CN)CC1C. The van der Waals surface area contributed by atoms with Crippen LogP contribution in [-0.4, -0.2) is 31.1 Å². The van der Waals surface area contributed by atoms with Gasteiger partial charge in [-0.2, -0.15) is 0 Å². The van der Waals surface area contributed by atoms with Crippen LogP contribution in [0, 0.1) is 5.92 Å². The smallest absolute Gasteiger partial charge is 0.123 e. The third kappa shape index (κ3) is 3.05. The van der Waals surface area contributed by atoms with Crippen LogP contribution in [0.2, 0.25) is 0 Å². The van der Waals surface area contributed by atoms with E-state index in [2.05, 4.69) is 33.8 Å². The van der Waals surface area contributed by atoms with Gasteiger partial charge in [0.25, 0.3) is 0 Å². The highest BCUT2D eigenvalue weighted by Crippen LogP contribution is 2.29. The third-order valence-electron chi connectivity index (χ3n) is 3.74. The predicted molar refractivity (Wildman–Crippen MR) is 77.7 cm³/mol. The van der Waals surface area contributed by atoms with Gasteiger partial charge < -0.3 is 10.5 Å². The van der Waals surface area contributed by atoms with Crippen molar-refractivity contribution in [3.05, 3.63) is 28.2 Å². The Morgan fingerprint density at radius 3 is 2.89 bits per heavy atom. The molecular formula is C14H21BrN2O. The minimum Gasteiger partial charge on any atom is -0.496 e. The summed E-state index contributed by atoms with van der Waals surface area (Å²) < 4.78 is 6.52. The number of halogens is 1. The number of hydrogen-bond donors (Lipinski definition) is 1. The van der Waals surface area contributed by atoms with Gasteiger partial charge in [-0.3, -0.25) is 4.90 Å². The molecule has 1 aliphatic heterocycles. The molecule has 4 heteroatoms. The molecule has 1 aromatic rings.